The van der Waals surface area contributed by atoms with Gasteiger partial charge in [0, 0.05) is 12.6 Å². The fraction of sp³-hybridized carbons (Fsp3) is 0.786. The smallest absolute Gasteiger partial charge is 0.0693 e. The van der Waals surface area contributed by atoms with Crippen molar-refractivity contribution in [1.29, 1.82) is 0 Å². The largest absolute Gasteiger partial charge is 0.323 e. The predicted molar refractivity (Wildman–Crippen MR) is 80.5 cm³/mol. The number of halogens is 1. The molecule has 104 valence electrons. The third-order valence-corrected chi connectivity index (χ3v) is 3.96. The summed E-state index contributed by atoms with van der Waals surface area (Å²) in [6, 6.07) is 0.105. The Morgan fingerprint density at radius 1 is 1.22 bits per heavy atom. The van der Waals surface area contributed by atoms with Crippen molar-refractivity contribution in [2.24, 2.45) is 5.73 Å². The minimum Gasteiger partial charge on any atom is -0.323 e. The van der Waals surface area contributed by atoms with E-state index in [1.165, 1.54) is 38.5 Å². The Balaban J connectivity index is 2.31. The van der Waals surface area contributed by atoms with E-state index in [2.05, 4.69) is 34.9 Å². The van der Waals surface area contributed by atoms with Gasteiger partial charge in [0.05, 0.1) is 16.4 Å². The fourth-order valence-electron chi connectivity index (χ4n) is 2.27. The molecule has 0 saturated carbocycles. The number of aryl methyl sites for hydroxylation is 1. The summed E-state index contributed by atoms with van der Waals surface area (Å²) in [6.07, 6.45) is 10.8. The van der Waals surface area contributed by atoms with Gasteiger partial charge in [-0.05, 0) is 29.3 Å². The van der Waals surface area contributed by atoms with Crippen molar-refractivity contribution in [3.63, 3.8) is 0 Å². The number of nitrogens with two attached hydrogens (primary N) is 1. The summed E-state index contributed by atoms with van der Waals surface area (Å²) >= 11 is 3.54. The highest BCUT2D eigenvalue weighted by atomic mass is 79.9. The monoisotopic (exact) mass is 315 g/mol. The second-order valence-corrected chi connectivity index (χ2v) is 5.71. The molecule has 0 fully saturated rings. The topological polar surface area (TPSA) is 43.8 Å². The van der Waals surface area contributed by atoms with Crippen molar-refractivity contribution in [3.05, 3.63) is 16.4 Å². The van der Waals surface area contributed by atoms with Gasteiger partial charge in [0.15, 0.2) is 0 Å². The Morgan fingerprint density at radius 3 is 2.56 bits per heavy atom. The molecule has 1 heterocycles. The average Bonchev–Trinajstić information content (AvgIpc) is 2.74. The molecule has 18 heavy (non-hydrogen) atoms. The van der Waals surface area contributed by atoms with Crippen LogP contribution in [0.15, 0.2) is 10.7 Å². The predicted octanol–water partition coefficient (Wildman–Crippen LogP) is 4.42. The molecular weight excluding hydrogens is 290 g/mol. The molecule has 0 bridgehead atoms. The van der Waals surface area contributed by atoms with Crippen molar-refractivity contribution in [1.82, 2.24) is 9.78 Å². The van der Waals surface area contributed by atoms with Crippen LogP contribution in [0.2, 0.25) is 0 Å². The van der Waals surface area contributed by atoms with Crippen molar-refractivity contribution in [2.75, 3.05) is 0 Å². The second kappa shape index (κ2) is 8.70. The van der Waals surface area contributed by atoms with Gasteiger partial charge in [0.1, 0.15) is 0 Å². The molecule has 0 spiro atoms. The van der Waals surface area contributed by atoms with Crippen LogP contribution >= 0.6 is 15.9 Å². The molecule has 1 aromatic heterocycles. The molecule has 1 unspecified atom stereocenters. The molecule has 0 aliphatic carbocycles. The van der Waals surface area contributed by atoms with Crippen LogP contribution in [-0.4, -0.2) is 9.78 Å². The van der Waals surface area contributed by atoms with Gasteiger partial charge in [-0.2, -0.15) is 5.10 Å². The maximum Gasteiger partial charge on any atom is 0.0693 e. The molecule has 2 N–H and O–H groups in total. The summed E-state index contributed by atoms with van der Waals surface area (Å²) in [6.45, 7) is 5.23. The van der Waals surface area contributed by atoms with E-state index < -0.39 is 0 Å². The lowest BCUT2D eigenvalue weighted by molar-refractivity contribution is 0.508. The minimum atomic E-state index is 0.105. The average molecular weight is 316 g/mol. The van der Waals surface area contributed by atoms with E-state index in [1.807, 2.05) is 10.9 Å². The van der Waals surface area contributed by atoms with Gasteiger partial charge in [0.25, 0.3) is 0 Å². The normalized spacial score (nSPS) is 12.9. The van der Waals surface area contributed by atoms with Gasteiger partial charge in [-0.1, -0.05) is 45.4 Å². The van der Waals surface area contributed by atoms with Crippen LogP contribution < -0.4 is 5.73 Å². The molecule has 0 aliphatic rings. The van der Waals surface area contributed by atoms with Crippen molar-refractivity contribution in [2.45, 2.75) is 71.4 Å². The maximum atomic E-state index is 6.27. The van der Waals surface area contributed by atoms with E-state index in [9.17, 15) is 0 Å². The minimum absolute atomic E-state index is 0.105. The van der Waals surface area contributed by atoms with E-state index in [0.29, 0.717) is 0 Å². The first-order valence-electron chi connectivity index (χ1n) is 7.17. The van der Waals surface area contributed by atoms with Gasteiger partial charge in [-0.25, -0.2) is 0 Å². The zero-order valence-electron chi connectivity index (χ0n) is 11.7. The molecule has 0 amide bonds. The summed E-state index contributed by atoms with van der Waals surface area (Å²) < 4.78 is 3.04. The summed E-state index contributed by atoms with van der Waals surface area (Å²) in [4.78, 5) is 0. The summed E-state index contributed by atoms with van der Waals surface area (Å²) in [5.41, 5.74) is 7.41. The molecule has 1 atom stereocenters. The first kappa shape index (κ1) is 15.7. The Morgan fingerprint density at radius 2 is 1.89 bits per heavy atom. The number of hydrogen-bond donors (Lipinski definition) is 1. The lowest BCUT2D eigenvalue weighted by Crippen LogP contribution is -2.16. The number of unbranched alkanes of at least 4 members (excludes halogenated alkanes) is 5. The van der Waals surface area contributed by atoms with Crippen LogP contribution in [0.1, 0.15) is 70.5 Å². The Hall–Kier alpha value is -0.350. The standard InChI is InChI=1S/C14H26BrN3/c1-3-5-6-7-8-9-10-13(16)14-12(15)11-17-18(14)4-2/h11,13H,3-10,16H2,1-2H3. The maximum absolute atomic E-state index is 6.27. The van der Waals surface area contributed by atoms with Crippen LogP contribution in [0.4, 0.5) is 0 Å². The van der Waals surface area contributed by atoms with Crippen molar-refractivity contribution in [3.8, 4) is 0 Å². The van der Waals surface area contributed by atoms with Gasteiger partial charge in [0.2, 0.25) is 0 Å². The fourth-order valence-corrected chi connectivity index (χ4v) is 2.86. The first-order valence-corrected chi connectivity index (χ1v) is 7.96. The van der Waals surface area contributed by atoms with Crippen LogP contribution in [0.3, 0.4) is 0 Å². The summed E-state index contributed by atoms with van der Waals surface area (Å²) in [7, 11) is 0. The van der Waals surface area contributed by atoms with Gasteiger partial charge in [-0.3, -0.25) is 4.68 Å². The van der Waals surface area contributed by atoms with Gasteiger partial charge in [-0.15, -0.1) is 0 Å². The zero-order chi connectivity index (χ0) is 13.4. The first-order chi connectivity index (χ1) is 8.70. The molecule has 3 nitrogen and oxygen atoms in total. The summed E-state index contributed by atoms with van der Waals surface area (Å²) in [5, 5.41) is 4.31. The van der Waals surface area contributed by atoms with E-state index >= 15 is 0 Å². The summed E-state index contributed by atoms with van der Waals surface area (Å²) in [5.74, 6) is 0. The molecule has 0 aliphatic heterocycles. The second-order valence-electron chi connectivity index (χ2n) is 4.86. The van der Waals surface area contributed by atoms with Crippen LogP contribution in [0, 0.1) is 0 Å². The SMILES string of the molecule is CCCCCCCCC(N)c1c(Br)cnn1CC. The van der Waals surface area contributed by atoms with E-state index in [1.54, 1.807) is 0 Å². The van der Waals surface area contributed by atoms with E-state index in [-0.39, 0.29) is 6.04 Å². The number of hydrogen-bond acceptors (Lipinski definition) is 2. The van der Waals surface area contributed by atoms with E-state index in [4.69, 9.17) is 5.73 Å². The number of rotatable bonds is 9. The van der Waals surface area contributed by atoms with Gasteiger partial charge >= 0.3 is 0 Å². The molecule has 4 heteroatoms. The molecule has 0 saturated heterocycles. The Labute approximate surface area is 119 Å². The van der Waals surface area contributed by atoms with Crippen LogP contribution in [0.5, 0.6) is 0 Å². The van der Waals surface area contributed by atoms with Crippen molar-refractivity contribution >= 4 is 15.9 Å². The lowest BCUT2D eigenvalue weighted by atomic mass is 10.0. The van der Waals surface area contributed by atoms with Crippen LogP contribution in [0.25, 0.3) is 0 Å². The third-order valence-electron chi connectivity index (χ3n) is 3.35. The molecule has 1 rings (SSSR count). The van der Waals surface area contributed by atoms with Crippen molar-refractivity contribution < 1.29 is 0 Å². The molecule has 1 aromatic rings. The Kier molecular flexibility index (Phi) is 7.59. The molecule has 0 aromatic carbocycles. The van der Waals surface area contributed by atoms with E-state index in [0.717, 1.165) is 23.1 Å². The number of aromatic nitrogens is 2. The van der Waals surface area contributed by atoms with Crippen LogP contribution in [-0.2, 0) is 6.54 Å². The lowest BCUT2D eigenvalue weighted by Gasteiger charge is -2.14. The molecule has 0 radical (unpaired) electrons. The Bertz CT molecular complexity index is 336. The zero-order valence-corrected chi connectivity index (χ0v) is 13.2. The highest BCUT2D eigenvalue weighted by Crippen LogP contribution is 2.25. The quantitative estimate of drug-likeness (QED) is 0.686. The van der Waals surface area contributed by atoms with Gasteiger partial charge < -0.3 is 5.73 Å². The number of nitrogens with zero attached hydrogens (tertiary/aromatic N) is 2. The molecular formula is C14H26BrN3. The highest BCUT2D eigenvalue weighted by Gasteiger charge is 2.15. The third kappa shape index (κ3) is 4.73. The highest BCUT2D eigenvalue weighted by molar-refractivity contribution is 9.10.